The summed E-state index contributed by atoms with van der Waals surface area (Å²) >= 11 is 11.7. The third-order valence-corrected chi connectivity index (χ3v) is 5.36. The van der Waals surface area contributed by atoms with Gasteiger partial charge < -0.3 is 19.9 Å². The highest BCUT2D eigenvalue weighted by Gasteiger charge is 2.20. The van der Waals surface area contributed by atoms with Crippen molar-refractivity contribution < 1.29 is 14.3 Å². The van der Waals surface area contributed by atoms with Crippen LogP contribution in [0.2, 0.25) is 5.02 Å². The lowest BCUT2D eigenvalue weighted by Gasteiger charge is -2.36. The first kappa shape index (κ1) is 21.9. The molecule has 0 spiro atoms. The number of carbonyl (C=O) groups excluding carboxylic acids is 2. The summed E-state index contributed by atoms with van der Waals surface area (Å²) in [7, 11) is 1.57. The summed E-state index contributed by atoms with van der Waals surface area (Å²) in [4.78, 5) is 27.8. The van der Waals surface area contributed by atoms with Crippen LogP contribution in [-0.2, 0) is 4.79 Å². The van der Waals surface area contributed by atoms with Crippen LogP contribution in [0.3, 0.4) is 0 Å². The third kappa shape index (κ3) is 5.40. The van der Waals surface area contributed by atoms with Gasteiger partial charge in [-0.2, -0.15) is 0 Å². The van der Waals surface area contributed by atoms with Crippen molar-refractivity contribution in [3.05, 3.63) is 53.1 Å². The van der Waals surface area contributed by atoms with E-state index in [1.54, 1.807) is 44.4 Å². The van der Waals surface area contributed by atoms with Crippen molar-refractivity contribution >= 4 is 52.1 Å². The minimum absolute atomic E-state index is 0.0884. The average Bonchev–Trinajstić information content (AvgIpc) is 2.74. The Morgan fingerprint density at radius 3 is 2.30 bits per heavy atom. The van der Waals surface area contributed by atoms with Gasteiger partial charge in [-0.1, -0.05) is 11.6 Å². The number of ether oxygens (including phenoxy) is 1. The predicted octanol–water partition coefficient (Wildman–Crippen LogP) is 3.14. The topological polar surface area (TPSA) is 73.9 Å². The van der Waals surface area contributed by atoms with E-state index in [-0.39, 0.29) is 16.9 Å². The van der Waals surface area contributed by atoms with E-state index in [2.05, 4.69) is 15.5 Å². The van der Waals surface area contributed by atoms with Gasteiger partial charge in [0.15, 0.2) is 5.11 Å². The van der Waals surface area contributed by atoms with Gasteiger partial charge in [0.2, 0.25) is 5.91 Å². The molecule has 2 aromatic carbocycles. The standard InChI is InChI=1S/C21H23ClN4O3S/c1-14(27)25-9-11-26(12-10-25)19-8-5-16(13-18(19)22)23-21(30)24-20(28)15-3-6-17(29-2)7-4-15/h3-8,13H,9-12H2,1-2H3,(H2,23,24,28,30). The van der Waals surface area contributed by atoms with Gasteiger partial charge in [0.1, 0.15) is 5.75 Å². The molecule has 0 aromatic heterocycles. The number of carbonyl (C=O) groups is 2. The Labute approximate surface area is 185 Å². The summed E-state index contributed by atoms with van der Waals surface area (Å²) in [6.07, 6.45) is 0. The number of amides is 2. The molecular weight excluding hydrogens is 424 g/mol. The van der Waals surface area contributed by atoms with Gasteiger partial charge in [-0.25, -0.2) is 0 Å². The van der Waals surface area contributed by atoms with E-state index in [0.29, 0.717) is 35.1 Å². The Morgan fingerprint density at radius 2 is 1.73 bits per heavy atom. The largest absolute Gasteiger partial charge is 0.497 e. The average molecular weight is 447 g/mol. The predicted molar refractivity (Wildman–Crippen MR) is 123 cm³/mol. The lowest BCUT2D eigenvalue weighted by Crippen LogP contribution is -2.48. The van der Waals surface area contributed by atoms with E-state index in [9.17, 15) is 9.59 Å². The first-order chi connectivity index (χ1) is 14.4. The van der Waals surface area contributed by atoms with Crippen LogP contribution in [0.25, 0.3) is 0 Å². The van der Waals surface area contributed by atoms with Gasteiger partial charge in [0, 0.05) is 44.4 Å². The Hall–Kier alpha value is -2.84. The number of methoxy groups -OCH3 is 1. The number of nitrogens with zero attached hydrogens (tertiary/aromatic N) is 2. The summed E-state index contributed by atoms with van der Waals surface area (Å²) in [5.74, 6) is 0.441. The van der Waals surface area contributed by atoms with Gasteiger partial charge in [0.25, 0.3) is 5.91 Å². The van der Waals surface area contributed by atoms with Crippen LogP contribution in [-0.4, -0.2) is 55.1 Å². The number of piperazine rings is 1. The van der Waals surface area contributed by atoms with Gasteiger partial charge in [-0.3, -0.25) is 14.9 Å². The molecule has 1 aliphatic heterocycles. The SMILES string of the molecule is COc1ccc(C(=O)NC(=S)Nc2ccc(N3CCN(C(C)=O)CC3)c(Cl)c2)cc1. The van der Waals surface area contributed by atoms with Crippen molar-refractivity contribution in [1.29, 1.82) is 0 Å². The Morgan fingerprint density at radius 1 is 1.07 bits per heavy atom. The molecule has 0 unspecified atom stereocenters. The van der Waals surface area contributed by atoms with Crippen LogP contribution in [0.1, 0.15) is 17.3 Å². The summed E-state index contributed by atoms with van der Waals surface area (Å²) in [6, 6.07) is 12.3. The second kappa shape index (κ2) is 9.77. The number of halogens is 1. The molecule has 2 amide bonds. The van der Waals surface area contributed by atoms with Crippen LogP contribution < -0.4 is 20.3 Å². The van der Waals surface area contributed by atoms with Crippen LogP contribution >= 0.6 is 23.8 Å². The monoisotopic (exact) mass is 446 g/mol. The minimum atomic E-state index is -0.318. The molecule has 158 valence electrons. The molecular formula is C21H23ClN4O3S. The first-order valence-corrected chi connectivity index (χ1v) is 10.2. The fourth-order valence-electron chi connectivity index (χ4n) is 3.18. The lowest BCUT2D eigenvalue weighted by atomic mass is 10.2. The molecule has 0 saturated carbocycles. The van der Waals surface area contributed by atoms with Crippen LogP contribution in [0.5, 0.6) is 5.75 Å². The highest BCUT2D eigenvalue weighted by Crippen LogP contribution is 2.29. The Bertz CT molecular complexity index is 944. The van der Waals surface area contributed by atoms with E-state index in [1.165, 1.54) is 0 Å². The van der Waals surface area contributed by atoms with Crippen molar-refractivity contribution in [1.82, 2.24) is 10.2 Å². The first-order valence-electron chi connectivity index (χ1n) is 9.44. The van der Waals surface area contributed by atoms with Gasteiger partial charge in [0.05, 0.1) is 17.8 Å². The fraction of sp³-hybridized carbons (Fsp3) is 0.286. The molecule has 2 N–H and O–H groups in total. The Kier molecular flexibility index (Phi) is 7.12. The molecule has 30 heavy (non-hydrogen) atoms. The molecule has 1 aliphatic rings. The quantitative estimate of drug-likeness (QED) is 0.703. The normalized spacial score (nSPS) is 13.6. The third-order valence-electron chi connectivity index (χ3n) is 4.85. The number of thiocarbonyl (C=S) groups is 1. The summed E-state index contributed by atoms with van der Waals surface area (Å²) in [6.45, 7) is 4.38. The molecule has 7 nitrogen and oxygen atoms in total. The molecule has 1 fully saturated rings. The maximum absolute atomic E-state index is 12.3. The molecule has 0 atom stereocenters. The van der Waals surface area contributed by atoms with Crippen LogP contribution in [0, 0.1) is 0 Å². The van der Waals surface area contributed by atoms with Gasteiger partial charge in [-0.15, -0.1) is 0 Å². The van der Waals surface area contributed by atoms with E-state index < -0.39 is 0 Å². The molecule has 2 aromatic rings. The van der Waals surface area contributed by atoms with Crippen molar-refractivity contribution in [3.63, 3.8) is 0 Å². The number of hydrogen-bond acceptors (Lipinski definition) is 5. The van der Waals surface area contributed by atoms with Crippen molar-refractivity contribution in [2.75, 3.05) is 43.5 Å². The lowest BCUT2D eigenvalue weighted by molar-refractivity contribution is -0.129. The zero-order chi connectivity index (χ0) is 21.7. The number of benzene rings is 2. The van der Waals surface area contributed by atoms with Crippen LogP contribution in [0.15, 0.2) is 42.5 Å². The molecule has 1 saturated heterocycles. The Balaban J connectivity index is 1.57. The smallest absolute Gasteiger partial charge is 0.257 e. The van der Waals surface area contributed by atoms with Gasteiger partial charge in [-0.05, 0) is 54.7 Å². The number of anilines is 2. The summed E-state index contributed by atoms with van der Waals surface area (Å²) < 4.78 is 5.09. The zero-order valence-electron chi connectivity index (χ0n) is 16.8. The molecule has 0 bridgehead atoms. The maximum atomic E-state index is 12.3. The molecule has 1 heterocycles. The maximum Gasteiger partial charge on any atom is 0.257 e. The van der Waals surface area contributed by atoms with Crippen LogP contribution in [0.4, 0.5) is 11.4 Å². The van der Waals surface area contributed by atoms with E-state index >= 15 is 0 Å². The minimum Gasteiger partial charge on any atom is -0.497 e. The van der Waals surface area contributed by atoms with Crippen molar-refractivity contribution in [2.24, 2.45) is 0 Å². The van der Waals surface area contributed by atoms with Crippen molar-refractivity contribution in [2.45, 2.75) is 6.92 Å². The number of hydrogen-bond donors (Lipinski definition) is 2. The number of rotatable bonds is 4. The van der Waals surface area contributed by atoms with Crippen molar-refractivity contribution in [3.8, 4) is 5.75 Å². The van der Waals surface area contributed by atoms with Gasteiger partial charge >= 0.3 is 0 Å². The van der Waals surface area contributed by atoms with E-state index in [1.807, 2.05) is 17.0 Å². The highest BCUT2D eigenvalue weighted by atomic mass is 35.5. The molecule has 3 rings (SSSR count). The molecule has 0 radical (unpaired) electrons. The fourth-order valence-corrected chi connectivity index (χ4v) is 3.69. The highest BCUT2D eigenvalue weighted by molar-refractivity contribution is 7.80. The second-order valence-electron chi connectivity index (χ2n) is 6.80. The zero-order valence-corrected chi connectivity index (χ0v) is 18.3. The molecule has 9 heteroatoms. The van der Waals surface area contributed by atoms with E-state index in [0.717, 1.165) is 18.8 Å². The summed E-state index contributed by atoms with van der Waals surface area (Å²) in [5.41, 5.74) is 2.04. The summed E-state index contributed by atoms with van der Waals surface area (Å²) in [5, 5.41) is 6.37. The second-order valence-corrected chi connectivity index (χ2v) is 7.61. The van der Waals surface area contributed by atoms with E-state index in [4.69, 9.17) is 28.6 Å². The molecule has 0 aliphatic carbocycles. The number of nitrogens with one attached hydrogen (secondary N) is 2.